The molecule has 2 aromatic rings. The van der Waals surface area contributed by atoms with E-state index in [0.29, 0.717) is 23.6 Å². The largest absolute Gasteiger partial charge is 0.439 e. The lowest BCUT2D eigenvalue weighted by atomic mass is 9.96. The van der Waals surface area contributed by atoms with Crippen molar-refractivity contribution in [2.45, 2.75) is 39.7 Å². The van der Waals surface area contributed by atoms with Gasteiger partial charge in [0.2, 0.25) is 5.88 Å². The molecule has 2 amide bonds. The van der Waals surface area contributed by atoms with Crippen molar-refractivity contribution in [3.63, 3.8) is 0 Å². The number of carbonyl (C=O) groups excluding carboxylic acids is 1. The van der Waals surface area contributed by atoms with Crippen LogP contribution in [-0.2, 0) is 0 Å². The Labute approximate surface area is 173 Å². The normalized spacial score (nSPS) is 15.0. The van der Waals surface area contributed by atoms with Gasteiger partial charge in [-0.3, -0.25) is 0 Å². The highest BCUT2D eigenvalue weighted by molar-refractivity contribution is 5.89. The zero-order valence-electron chi connectivity index (χ0n) is 17.9. The van der Waals surface area contributed by atoms with Crippen molar-refractivity contribution in [2.75, 3.05) is 32.0 Å². The third-order valence-electron chi connectivity index (χ3n) is 5.54. The number of ether oxygens (including phenoxy) is 1. The Balaban J connectivity index is 1.46. The van der Waals surface area contributed by atoms with Crippen LogP contribution in [0.4, 0.5) is 10.5 Å². The zero-order valence-corrected chi connectivity index (χ0v) is 17.9. The summed E-state index contributed by atoms with van der Waals surface area (Å²) in [6, 6.07) is 11.7. The molecule has 0 bridgehead atoms. The minimum atomic E-state index is -0.0328. The molecule has 0 spiro atoms. The van der Waals surface area contributed by atoms with E-state index in [9.17, 15) is 4.79 Å². The second kappa shape index (κ2) is 9.74. The fourth-order valence-corrected chi connectivity index (χ4v) is 3.38. The number of carbonyl (C=O) groups is 1. The van der Waals surface area contributed by atoms with Gasteiger partial charge in [-0.25, -0.2) is 9.78 Å². The molecule has 0 aliphatic carbocycles. The summed E-state index contributed by atoms with van der Waals surface area (Å²) in [5.74, 6) is 1.91. The number of nitrogens with one attached hydrogen (secondary N) is 1. The molecule has 1 saturated heterocycles. The third-order valence-corrected chi connectivity index (χ3v) is 5.54. The van der Waals surface area contributed by atoms with E-state index in [0.717, 1.165) is 43.7 Å². The molecule has 1 aromatic heterocycles. The van der Waals surface area contributed by atoms with Gasteiger partial charge in [-0.1, -0.05) is 6.07 Å². The van der Waals surface area contributed by atoms with Gasteiger partial charge >= 0.3 is 6.03 Å². The van der Waals surface area contributed by atoms with E-state index in [1.807, 2.05) is 48.2 Å². The summed E-state index contributed by atoms with van der Waals surface area (Å²) in [7, 11) is 2.17. The fourth-order valence-electron chi connectivity index (χ4n) is 3.38. The Morgan fingerprint density at radius 2 is 1.90 bits per heavy atom. The first-order chi connectivity index (χ1) is 13.9. The Hall–Kier alpha value is -2.60. The molecule has 6 heteroatoms. The number of likely N-dealkylation sites (tertiary alicyclic amines) is 1. The van der Waals surface area contributed by atoms with Crippen LogP contribution in [0.3, 0.4) is 0 Å². The molecule has 0 radical (unpaired) electrons. The molecule has 1 N–H and O–H groups in total. The van der Waals surface area contributed by atoms with Crippen molar-refractivity contribution < 1.29 is 9.53 Å². The summed E-state index contributed by atoms with van der Waals surface area (Å²) in [4.78, 5) is 21.1. The van der Waals surface area contributed by atoms with Crippen LogP contribution in [0.1, 0.15) is 32.3 Å². The number of anilines is 1. The minimum absolute atomic E-state index is 0.0328. The summed E-state index contributed by atoms with van der Waals surface area (Å²) in [5.41, 5.74) is 1.85. The second-order valence-electron chi connectivity index (χ2n) is 8.19. The Bertz CT molecular complexity index is 782. The number of hydrogen-bond acceptors (Lipinski definition) is 4. The molecule has 1 aromatic carbocycles. The lowest BCUT2D eigenvalue weighted by molar-refractivity contribution is 0.153. The van der Waals surface area contributed by atoms with Crippen LogP contribution in [0.2, 0.25) is 0 Å². The van der Waals surface area contributed by atoms with Gasteiger partial charge in [-0.15, -0.1) is 0 Å². The fraction of sp³-hybridized carbons (Fsp3) is 0.478. The van der Waals surface area contributed by atoms with Gasteiger partial charge in [-0.05, 0) is 76.4 Å². The molecular weight excluding hydrogens is 364 g/mol. The molecular formula is C23H32N4O2. The topological polar surface area (TPSA) is 57.7 Å². The van der Waals surface area contributed by atoms with Crippen LogP contribution in [0.5, 0.6) is 11.6 Å². The van der Waals surface area contributed by atoms with Gasteiger partial charge < -0.3 is 19.9 Å². The first kappa shape index (κ1) is 21.1. The Morgan fingerprint density at radius 1 is 1.21 bits per heavy atom. The van der Waals surface area contributed by atoms with Gasteiger partial charge in [0.05, 0.1) is 0 Å². The number of aryl methyl sites for hydroxylation is 1. The van der Waals surface area contributed by atoms with E-state index >= 15 is 0 Å². The molecule has 156 valence electrons. The lowest BCUT2D eigenvalue weighted by Crippen LogP contribution is -2.43. The van der Waals surface area contributed by atoms with Crippen molar-refractivity contribution >= 4 is 11.7 Å². The molecule has 1 aliphatic rings. The number of rotatable bonds is 6. The molecule has 2 heterocycles. The summed E-state index contributed by atoms with van der Waals surface area (Å²) >= 11 is 0. The van der Waals surface area contributed by atoms with Gasteiger partial charge in [0, 0.05) is 43.6 Å². The number of benzene rings is 1. The molecule has 1 fully saturated rings. The molecule has 1 aliphatic heterocycles. The first-order valence-corrected chi connectivity index (χ1v) is 10.4. The number of pyridine rings is 1. The molecule has 0 atom stereocenters. The van der Waals surface area contributed by atoms with Crippen molar-refractivity contribution in [1.82, 2.24) is 14.8 Å². The number of hydrogen-bond donors (Lipinski definition) is 1. The first-order valence-electron chi connectivity index (χ1n) is 10.4. The van der Waals surface area contributed by atoms with E-state index in [2.05, 4.69) is 36.1 Å². The zero-order chi connectivity index (χ0) is 20.8. The summed E-state index contributed by atoms with van der Waals surface area (Å²) < 4.78 is 5.73. The summed E-state index contributed by atoms with van der Waals surface area (Å²) in [5, 5.41) is 2.99. The molecule has 0 unspecified atom stereocenters. The average molecular weight is 397 g/mol. The van der Waals surface area contributed by atoms with Gasteiger partial charge in [0.25, 0.3) is 0 Å². The van der Waals surface area contributed by atoms with Crippen molar-refractivity contribution in [3.8, 4) is 11.6 Å². The van der Waals surface area contributed by atoms with Crippen LogP contribution in [0.15, 0.2) is 42.6 Å². The Morgan fingerprint density at radius 3 is 2.48 bits per heavy atom. The van der Waals surface area contributed by atoms with Crippen LogP contribution >= 0.6 is 0 Å². The summed E-state index contributed by atoms with van der Waals surface area (Å²) in [6.45, 7) is 9.14. The lowest BCUT2D eigenvalue weighted by Gasteiger charge is -2.34. The smallest absolute Gasteiger partial charge is 0.321 e. The van der Waals surface area contributed by atoms with Gasteiger partial charge in [0.15, 0.2) is 0 Å². The number of amides is 2. The van der Waals surface area contributed by atoms with Crippen LogP contribution in [-0.4, -0.2) is 53.5 Å². The highest BCUT2D eigenvalue weighted by Crippen LogP contribution is 2.23. The van der Waals surface area contributed by atoms with E-state index in [4.69, 9.17) is 4.74 Å². The van der Waals surface area contributed by atoms with Crippen LogP contribution in [0.25, 0.3) is 0 Å². The highest BCUT2D eigenvalue weighted by Gasteiger charge is 2.24. The van der Waals surface area contributed by atoms with E-state index in [1.165, 1.54) is 0 Å². The standard InChI is InChI=1S/C23H32N4O2/c1-17(2)26(4)16-19-11-13-27(14-12-19)23(28)25-20-6-8-21(9-7-20)29-22-10-5-18(3)15-24-22/h5-10,15,17,19H,11-14,16H2,1-4H3,(H,25,28). The number of aromatic nitrogens is 1. The van der Waals surface area contributed by atoms with Crippen molar-refractivity contribution in [2.24, 2.45) is 5.92 Å². The molecule has 3 rings (SSSR count). The molecule has 6 nitrogen and oxygen atoms in total. The highest BCUT2D eigenvalue weighted by atomic mass is 16.5. The molecule has 29 heavy (non-hydrogen) atoms. The van der Waals surface area contributed by atoms with Gasteiger partial charge in [-0.2, -0.15) is 0 Å². The maximum atomic E-state index is 12.6. The number of piperidine rings is 1. The minimum Gasteiger partial charge on any atom is -0.439 e. The summed E-state index contributed by atoms with van der Waals surface area (Å²) in [6.07, 6.45) is 3.88. The van der Waals surface area contributed by atoms with E-state index in [-0.39, 0.29) is 6.03 Å². The Kier molecular flexibility index (Phi) is 7.09. The van der Waals surface area contributed by atoms with Crippen molar-refractivity contribution in [3.05, 3.63) is 48.2 Å². The third kappa shape index (κ3) is 6.19. The van der Waals surface area contributed by atoms with Gasteiger partial charge in [0.1, 0.15) is 5.75 Å². The van der Waals surface area contributed by atoms with E-state index < -0.39 is 0 Å². The maximum absolute atomic E-state index is 12.6. The van der Waals surface area contributed by atoms with Crippen LogP contribution in [0, 0.1) is 12.8 Å². The second-order valence-corrected chi connectivity index (χ2v) is 8.19. The monoisotopic (exact) mass is 396 g/mol. The van der Waals surface area contributed by atoms with E-state index in [1.54, 1.807) is 6.20 Å². The number of nitrogens with zero attached hydrogens (tertiary/aromatic N) is 3. The predicted octanol–water partition coefficient (Wildman–Crippen LogP) is 4.77. The SMILES string of the molecule is Cc1ccc(Oc2ccc(NC(=O)N3CCC(CN(C)C(C)C)CC3)cc2)nc1. The number of urea groups is 1. The maximum Gasteiger partial charge on any atom is 0.321 e. The quantitative estimate of drug-likeness (QED) is 0.764. The van der Waals surface area contributed by atoms with Crippen molar-refractivity contribution in [1.29, 1.82) is 0 Å². The predicted molar refractivity (Wildman–Crippen MR) is 117 cm³/mol. The molecule has 0 saturated carbocycles. The van der Waals surface area contributed by atoms with Crippen LogP contribution < -0.4 is 10.1 Å². The average Bonchev–Trinajstić information content (AvgIpc) is 2.71.